The lowest BCUT2D eigenvalue weighted by Crippen LogP contribution is -2.18. The maximum Gasteiger partial charge on any atom is 0.0965 e. The number of nitrogens with zero attached hydrogens (tertiary/aromatic N) is 4. The maximum atomic E-state index is 4.96. The second-order valence-electron chi connectivity index (χ2n) is 4.04. The Labute approximate surface area is 120 Å². The van der Waals surface area contributed by atoms with E-state index in [1.807, 2.05) is 18.3 Å². The molecule has 1 N–H and O–H groups in total. The summed E-state index contributed by atoms with van der Waals surface area (Å²) in [5.74, 6) is 0. The first-order chi connectivity index (χ1) is 9.28. The number of nitrogens with one attached hydrogen (secondary N) is 1. The van der Waals surface area contributed by atoms with Gasteiger partial charge in [-0.1, -0.05) is 5.21 Å². The molecule has 0 aromatic carbocycles. The second kappa shape index (κ2) is 7.32. The van der Waals surface area contributed by atoms with E-state index in [1.54, 1.807) is 18.0 Å². The molecule has 0 aliphatic carbocycles. The van der Waals surface area contributed by atoms with Crippen LogP contribution < -0.4 is 5.32 Å². The Kier molecular flexibility index (Phi) is 5.44. The average Bonchev–Trinajstić information content (AvgIpc) is 2.85. The predicted molar refractivity (Wildman–Crippen MR) is 74.6 cm³/mol. The quantitative estimate of drug-likeness (QED) is 0.775. The van der Waals surface area contributed by atoms with Crippen LogP contribution in [0.3, 0.4) is 0 Å². The smallest absolute Gasteiger partial charge is 0.0965 e. The Morgan fingerprint density at radius 2 is 2.26 bits per heavy atom. The molecule has 2 heterocycles. The summed E-state index contributed by atoms with van der Waals surface area (Å²) in [7, 11) is 1.68. The van der Waals surface area contributed by atoms with Crippen LogP contribution in [-0.2, 0) is 17.8 Å². The van der Waals surface area contributed by atoms with Crippen molar-refractivity contribution in [2.75, 3.05) is 20.3 Å². The van der Waals surface area contributed by atoms with Gasteiger partial charge in [-0.05, 0) is 28.1 Å². The molecule has 0 spiro atoms. The molecule has 0 aliphatic rings. The van der Waals surface area contributed by atoms with Crippen molar-refractivity contribution in [3.8, 4) is 0 Å². The summed E-state index contributed by atoms with van der Waals surface area (Å²) in [6.07, 6.45) is 3.70. The van der Waals surface area contributed by atoms with Gasteiger partial charge in [0.25, 0.3) is 0 Å². The summed E-state index contributed by atoms with van der Waals surface area (Å²) >= 11 is 3.36. The molecular weight excluding hydrogens is 310 g/mol. The highest BCUT2D eigenvalue weighted by Gasteiger charge is 2.02. The number of rotatable bonds is 7. The molecule has 19 heavy (non-hydrogen) atoms. The predicted octanol–water partition coefficient (Wildman–Crippen LogP) is 1.22. The third-order valence-electron chi connectivity index (χ3n) is 2.49. The Hall–Kier alpha value is -1.31. The fraction of sp³-hybridized carbons (Fsp3) is 0.417. The normalized spacial score (nSPS) is 10.8. The van der Waals surface area contributed by atoms with Gasteiger partial charge in [-0.2, -0.15) is 0 Å². The van der Waals surface area contributed by atoms with Crippen molar-refractivity contribution in [3.63, 3.8) is 0 Å². The number of hydrogen-bond acceptors (Lipinski definition) is 5. The van der Waals surface area contributed by atoms with Crippen LogP contribution in [0.2, 0.25) is 0 Å². The molecule has 2 rings (SSSR count). The fourth-order valence-electron chi connectivity index (χ4n) is 1.55. The highest BCUT2D eigenvalue weighted by atomic mass is 79.9. The van der Waals surface area contributed by atoms with Gasteiger partial charge in [-0.3, -0.25) is 4.98 Å². The Bertz CT molecular complexity index is 499. The molecule has 0 fully saturated rings. The van der Waals surface area contributed by atoms with Gasteiger partial charge in [0.2, 0.25) is 0 Å². The summed E-state index contributed by atoms with van der Waals surface area (Å²) in [5, 5.41) is 11.4. The molecule has 6 nitrogen and oxygen atoms in total. The molecule has 0 radical (unpaired) electrons. The van der Waals surface area contributed by atoms with E-state index in [9.17, 15) is 0 Å². The highest BCUT2D eigenvalue weighted by molar-refractivity contribution is 9.10. The number of halogens is 1. The van der Waals surface area contributed by atoms with E-state index in [0.717, 1.165) is 22.4 Å². The van der Waals surface area contributed by atoms with Gasteiger partial charge < -0.3 is 10.1 Å². The number of methoxy groups -OCH3 is 1. The van der Waals surface area contributed by atoms with Gasteiger partial charge in [0.1, 0.15) is 0 Å². The molecule has 2 aromatic heterocycles. The fourth-order valence-corrected chi connectivity index (χ4v) is 1.79. The zero-order chi connectivity index (χ0) is 13.5. The molecule has 0 atom stereocenters. The van der Waals surface area contributed by atoms with Gasteiger partial charge in [0.05, 0.1) is 30.7 Å². The van der Waals surface area contributed by atoms with Crippen molar-refractivity contribution in [2.45, 2.75) is 13.1 Å². The van der Waals surface area contributed by atoms with Crippen LogP contribution in [-0.4, -0.2) is 40.2 Å². The SMILES string of the molecule is COCCNCc1cn(Cc2ccc(Br)cn2)nn1. The molecule has 0 unspecified atom stereocenters. The van der Waals surface area contributed by atoms with Gasteiger partial charge in [-0.25, -0.2) is 4.68 Å². The van der Waals surface area contributed by atoms with E-state index in [4.69, 9.17) is 4.74 Å². The molecule has 0 saturated carbocycles. The van der Waals surface area contributed by atoms with Gasteiger partial charge >= 0.3 is 0 Å². The number of pyridine rings is 1. The minimum Gasteiger partial charge on any atom is -0.383 e. The highest BCUT2D eigenvalue weighted by Crippen LogP contribution is 2.08. The van der Waals surface area contributed by atoms with Crippen molar-refractivity contribution >= 4 is 15.9 Å². The first-order valence-electron chi connectivity index (χ1n) is 5.97. The lowest BCUT2D eigenvalue weighted by Gasteiger charge is -2.00. The van der Waals surface area contributed by atoms with Crippen molar-refractivity contribution in [3.05, 3.63) is 40.4 Å². The van der Waals surface area contributed by atoms with Crippen molar-refractivity contribution in [1.29, 1.82) is 0 Å². The van der Waals surface area contributed by atoms with Gasteiger partial charge in [-0.15, -0.1) is 5.10 Å². The summed E-state index contributed by atoms with van der Waals surface area (Å²) in [6.45, 7) is 2.81. The molecule has 7 heteroatoms. The standard InChI is InChI=1S/C12H16BrN5O/c1-19-5-4-14-7-12-9-18(17-16-12)8-11-3-2-10(13)6-15-11/h2-3,6,9,14H,4-5,7-8H2,1H3. The van der Waals surface area contributed by atoms with E-state index in [2.05, 4.69) is 36.5 Å². The maximum absolute atomic E-state index is 4.96. The minimum absolute atomic E-state index is 0.623. The van der Waals surface area contributed by atoms with Crippen LogP contribution in [0.15, 0.2) is 29.0 Å². The number of aromatic nitrogens is 4. The summed E-state index contributed by atoms with van der Waals surface area (Å²) < 4.78 is 7.71. The van der Waals surface area contributed by atoms with Crippen molar-refractivity contribution in [1.82, 2.24) is 25.3 Å². The van der Waals surface area contributed by atoms with E-state index in [1.165, 1.54) is 0 Å². The second-order valence-corrected chi connectivity index (χ2v) is 4.96. The van der Waals surface area contributed by atoms with Crippen LogP contribution >= 0.6 is 15.9 Å². The summed E-state index contributed by atoms with van der Waals surface area (Å²) in [6, 6.07) is 3.93. The Morgan fingerprint density at radius 3 is 3.00 bits per heavy atom. The molecule has 0 bridgehead atoms. The molecule has 2 aromatic rings. The zero-order valence-electron chi connectivity index (χ0n) is 10.7. The topological polar surface area (TPSA) is 64.9 Å². The summed E-state index contributed by atoms with van der Waals surface area (Å²) in [4.78, 5) is 4.30. The minimum atomic E-state index is 0.623. The molecule has 0 amide bonds. The van der Waals surface area contributed by atoms with Crippen molar-refractivity contribution < 1.29 is 4.74 Å². The van der Waals surface area contributed by atoms with Crippen molar-refractivity contribution in [2.24, 2.45) is 0 Å². The van der Waals surface area contributed by atoms with E-state index < -0.39 is 0 Å². The van der Waals surface area contributed by atoms with Crippen LogP contribution in [0.1, 0.15) is 11.4 Å². The third-order valence-corrected chi connectivity index (χ3v) is 2.96. The van der Waals surface area contributed by atoms with E-state index >= 15 is 0 Å². The molecular formula is C12H16BrN5O. The largest absolute Gasteiger partial charge is 0.383 e. The van der Waals surface area contributed by atoms with Crippen LogP contribution in [0.25, 0.3) is 0 Å². The van der Waals surface area contributed by atoms with Crippen LogP contribution in [0.4, 0.5) is 0 Å². The first kappa shape index (κ1) is 14.1. The molecule has 0 aliphatic heterocycles. The van der Waals surface area contributed by atoms with Gasteiger partial charge in [0, 0.05) is 30.9 Å². The lowest BCUT2D eigenvalue weighted by atomic mass is 10.3. The monoisotopic (exact) mass is 325 g/mol. The number of hydrogen-bond donors (Lipinski definition) is 1. The van der Waals surface area contributed by atoms with Crippen LogP contribution in [0, 0.1) is 0 Å². The lowest BCUT2D eigenvalue weighted by molar-refractivity contribution is 0.199. The zero-order valence-corrected chi connectivity index (χ0v) is 12.3. The van der Waals surface area contributed by atoms with E-state index in [-0.39, 0.29) is 0 Å². The first-order valence-corrected chi connectivity index (χ1v) is 6.76. The Balaban J connectivity index is 1.85. The Morgan fingerprint density at radius 1 is 1.37 bits per heavy atom. The summed E-state index contributed by atoms with van der Waals surface area (Å²) in [5.41, 5.74) is 1.86. The van der Waals surface area contributed by atoms with E-state index in [0.29, 0.717) is 19.7 Å². The molecule has 102 valence electrons. The van der Waals surface area contributed by atoms with Crippen LogP contribution in [0.5, 0.6) is 0 Å². The number of ether oxygens (including phenoxy) is 1. The molecule has 0 saturated heterocycles. The third kappa shape index (κ3) is 4.70. The van der Waals surface area contributed by atoms with Gasteiger partial charge in [0.15, 0.2) is 0 Å². The average molecular weight is 326 g/mol.